The van der Waals surface area contributed by atoms with Crippen LogP contribution in [0.2, 0.25) is 0 Å². The molecule has 142 valence electrons. The molecule has 3 aromatic carbocycles. The molecule has 0 aromatic heterocycles. The van der Waals surface area contributed by atoms with Gasteiger partial charge in [-0.1, -0.05) is 48.5 Å². The van der Waals surface area contributed by atoms with Crippen LogP contribution >= 0.6 is 0 Å². The van der Waals surface area contributed by atoms with Crippen molar-refractivity contribution in [3.8, 4) is 0 Å². The van der Waals surface area contributed by atoms with Gasteiger partial charge in [0, 0.05) is 31.0 Å². The van der Waals surface area contributed by atoms with E-state index >= 15 is 0 Å². The second-order valence-corrected chi connectivity index (χ2v) is 7.44. The number of nitrogens with one attached hydrogen (secondary N) is 2. The fraction of sp³-hybridized carbons (Fsp3) is 0.208. The van der Waals surface area contributed by atoms with Crippen molar-refractivity contribution >= 4 is 17.4 Å². The highest BCUT2D eigenvalue weighted by Gasteiger charge is 2.19. The first-order valence-electron chi connectivity index (χ1n) is 9.61. The van der Waals surface area contributed by atoms with Crippen molar-refractivity contribution in [2.24, 2.45) is 0 Å². The number of benzene rings is 3. The zero-order valence-electron chi connectivity index (χ0n) is 16.3. The van der Waals surface area contributed by atoms with Gasteiger partial charge in [-0.2, -0.15) is 0 Å². The van der Waals surface area contributed by atoms with Gasteiger partial charge in [-0.25, -0.2) is 4.79 Å². The third-order valence-electron chi connectivity index (χ3n) is 5.35. The molecule has 2 N–H and O–H groups in total. The van der Waals surface area contributed by atoms with Gasteiger partial charge in [-0.3, -0.25) is 4.90 Å². The zero-order chi connectivity index (χ0) is 19.5. The first-order chi connectivity index (χ1) is 13.6. The predicted molar refractivity (Wildman–Crippen MR) is 114 cm³/mol. The molecule has 0 atom stereocenters. The molecule has 4 nitrogen and oxygen atoms in total. The zero-order valence-corrected chi connectivity index (χ0v) is 16.3. The molecule has 1 aliphatic heterocycles. The summed E-state index contributed by atoms with van der Waals surface area (Å²) < 4.78 is 0. The van der Waals surface area contributed by atoms with Crippen LogP contribution in [0.5, 0.6) is 0 Å². The quantitative estimate of drug-likeness (QED) is 0.639. The third kappa shape index (κ3) is 4.07. The Bertz CT molecular complexity index is 998. The number of rotatable bonds is 4. The van der Waals surface area contributed by atoms with Crippen LogP contribution in [0, 0.1) is 13.8 Å². The van der Waals surface area contributed by atoms with E-state index in [9.17, 15) is 4.79 Å². The number of amides is 2. The van der Waals surface area contributed by atoms with Crippen LogP contribution in [0.15, 0.2) is 66.7 Å². The lowest BCUT2D eigenvalue weighted by atomic mass is 10.1. The number of fused-ring (bicyclic) bond motifs is 1. The maximum atomic E-state index is 12.4. The van der Waals surface area contributed by atoms with E-state index < -0.39 is 0 Å². The number of hydrogen-bond acceptors (Lipinski definition) is 2. The summed E-state index contributed by atoms with van der Waals surface area (Å²) in [6, 6.07) is 22.4. The maximum Gasteiger partial charge on any atom is 0.323 e. The first-order valence-corrected chi connectivity index (χ1v) is 9.61. The molecule has 0 saturated carbocycles. The molecule has 4 rings (SSSR count). The van der Waals surface area contributed by atoms with Crippen molar-refractivity contribution in [3.05, 3.63) is 94.5 Å². The van der Waals surface area contributed by atoms with E-state index in [2.05, 4.69) is 51.9 Å². The summed E-state index contributed by atoms with van der Waals surface area (Å²) in [7, 11) is 0. The molecule has 0 saturated heterocycles. The minimum atomic E-state index is -0.215. The Morgan fingerprint density at radius 3 is 2.50 bits per heavy atom. The van der Waals surface area contributed by atoms with Gasteiger partial charge < -0.3 is 10.6 Å². The lowest BCUT2D eigenvalue weighted by Gasteiger charge is -2.14. The number of nitrogens with zero attached hydrogens (tertiary/aromatic N) is 1. The molecule has 2 amide bonds. The molecule has 0 unspecified atom stereocenters. The van der Waals surface area contributed by atoms with Crippen LogP contribution in [-0.4, -0.2) is 10.9 Å². The van der Waals surface area contributed by atoms with Gasteiger partial charge in [0.1, 0.15) is 0 Å². The van der Waals surface area contributed by atoms with Crippen LogP contribution in [-0.2, 0) is 19.6 Å². The van der Waals surface area contributed by atoms with Crippen molar-refractivity contribution in [2.45, 2.75) is 33.5 Å². The summed E-state index contributed by atoms with van der Waals surface area (Å²) in [5.41, 5.74) is 7.84. The van der Waals surface area contributed by atoms with Crippen molar-refractivity contribution < 1.29 is 4.79 Å². The molecule has 4 heteroatoms. The molecule has 0 radical (unpaired) electrons. The highest BCUT2D eigenvalue weighted by atomic mass is 16.2. The Labute approximate surface area is 166 Å². The van der Waals surface area contributed by atoms with Gasteiger partial charge in [0.15, 0.2) is 0 Å². The molecule has 1 heterocycles. The minimum absolute atomic E-state index is 0.215. The lowest BCUT2D eigenvalue weighted by molar-refractivity contribution is 0.262. The lowest BCUT2D eigenvalue weighted by Crippen LogP contribution is -2.20. The monoisotopic (exact) mass is 371 g/mol. The molecular weight excluding hydrogens is 346 g/mol. The van der Waals surface area contributed by atoms with Gasteiger partial charge >= 0.3 is 6.03 Å². The number of aryl methyl sites for hydroxylation is 1. The Kier molecular flexibility index (Phi) is 5.13. The highest BCUT2D eigenvalue weighted by Crippen LogP contribution is 2.27. The van der Waals surface area contributed by atoms with E-state index in [0.717, 1.165) is 42.1 Å². The Balaban J connectivity index is 1.39. The van der Waals surface area contributed by atoms with E-state index in [1.54, 1.807) is 0 Å². The average molecular weight is 371 g/mol. The van der Waals surface area contributed by atoms with E-state index in [0.29, 0.717) is 0 Å². The first kappa shape index (κ1) is 18.3. The number of anilines is 2. The fourth-order valence-corrected chi connectivity index (χ4v) is 3.67. The average Bonchev–Trinajstić information content (AvgIpc) is 3.07. The molecule has 28 heavy (non-hydrogen) atoms. The van der Waals surface area contributed by atoms with Crippen LogP contribution in [0.4, 0.5) is 16.2 Å². The van der Waals surface area contributed by atoms with Crippen LogP contribution in [0.3, 0.4) is 0 Å². The van der Waals surface area contributed by atoms with E-state index in [1.807, 2.05) is 44.2 Å². The summed E-state index contributed by atoms with van der Waals surface area (Å²) in [4.78, 5) is 14.8. The number of urea groups is 1. The van der Waals surface area contributed by atoms with Crippen molar-refractivity contribution in [3.63, 3.8) is 0 Å². The van der Waals surface area contributed by atoms with Gasteiger partial charge in [0.2, 0.25) is 0 Å². The summed E-state index contributed by atoms with van der Waals surface area (Å²) in [5.74, 6) is 0. The van der Waals surface area contributed by atoms with E-state index in [1.165, 1.54) is 16.7 Å². The number of carbonyl (C=O) groups excluding carboxylic acids is 1. The van der Waals surface area contributed by atoms with Crippen molar-refractivity contribution in [1.82, 2.24) is 4.90 Å². The predicted octanol–water partition coefficient (Wildman–Crippen LogP) is 5.46. The Hall–Kier alpha value is -3.11. The molecular formula is C24H25N3O. The standard InChI is InChI=1S/C24H25N3O/c1-17-7-6-10-23(18(17)2)26-24(28)25-22-12-11-20-15-27(16-21(20)13-22)14-19-8-4-3-5-9-19/h3-13H,14-16H2,1-2H3,(H2,25,26,28). The van der Waals surface area contributed by atoms with E-state index in [-0.39, 0.29) is 6.03 Å². The fourth-order valence-electron chi connectivity index (χ4n) is 3.67. The van der Waals surface area contributed by atoms with Crippen LogP contribution in [0.1, 0.15) is 27.8 Å². The Morgan fingerprint density at radius 1 is 0.893 bits per heavy atom. The summed E-state index contributed by atoms with van der Waals surface area (Å²) >= 11 is 0. The number of carbonyl (C=O) groups is 1. The summed E-state index contributed by atoms with van der Waals surface area (Å²) in [5, 5.41) is 5.91. The maximum absolute atomic E-state index is 12.4. The minimum Gasteiger partial charge on any atom is -0.308 e. The van der Waals surface area contributed by atoms with Gasteiger partial charge in [-0.15, -0.1) is 0 Å². The normalized spacial score (nSPS) is 13.2. The van der Waals surface area contributed by atoms with Crippen molar-refractivity contribution in [2.75, 3.05) is 10.6 Å². The molecule has 0 bridgehead atoms. The topological polar surface area (TPSA) is 44.4 Å². The summed E-state index contributed by atoms with van der Waals surface area (Å²) in [6.45, 7) is 6.84. The van der Waals surface area contributed by atoms with Crippen molar-refractivity contribution in [1.29, 1.82) is 0 Å². The Morgan fingerprint density at radius 2 is 1.68 bits per heavy atom. The van der Waals surface area contributed by atoms with Crippen LogP contribution < -0.4 is 10.6 Å². The third-order valence-corrected chi connectivity index (χ3v) is 5.35. The smallest absolute Gasteiger partial charge is 0.308 e. The van der Waals surface area contributed by atoms with Gasteiger partial charge in [0.05, 0.1) is 0 Å². The SMILES string of the molecule is Cc1cccc(NC(=O)Nc2ccc3c(c2)CN(Cc2ccccc2)C3)c1C. The molecule has 0 spiro atoms. The molecule has 0 aliphatic carbocycles. The molecule has 3 aromatic rings. The summed E-state index contributed by atoms with van der Waals surface area (Å²) in [6.07, 6.45) is 0. The largest absolute Gasteiger partial charge is 0.323 e. The van der Waals surface area contributed by atoms with Gasteiger partial charge in [0.25, 0.3) is 0 Å². The highest BCUT2D eigenvalue weighted by molar-refractivity contribution is 6.00. The number of hydrogen-bond donors (Lipinski definition) is 2. The molecule has 0 fully saturated rings. The second-order valence-electron chi connectivity index (χ2n) is 7.44. The van der Waals surface area contributed by atoms with Gasteiger partial charge in [-0.05, 0) is 59.9 Å². The van der Waals surface area contributed by atoms with E-state index in [4.69, 9.17) is 0 Å². The second kappa shape index (κ2) is 7.87. The van der Waals surface area contributed by atoms with Crippen LogP contribution in [0.25, 0.3) is 0 Å². The molecule has 1 aliphatic rings.